The van der Waals surface area contributed by atoms with E-state index in [9.17, 15) is 9.59 Å². The van der Waals surface area contributed by atoms with Crippen LogP contribution in [0.3, 0.4) is 0 Å². The molecule has 0 atom stereocenters. The maximum atomic E-state index is 12.4. The maximum absolute atomic E-state index is 12.4. The quantitative estimate of drug-likeness (QED) is 0.679. The van der Waals surface area contributed by atoms with E-state index < -0.39 is 0 Å². The van der Waals surface area contributed by atoms with Crippen LogP contribution >= 0.6 is 0 Å². The van der Waals surface area contributed by atoms with Gasteiger partial charge in [0.2, 0.25) is 0 Å². The SMILES string of the molecule is CN(C)C(=O)COc1ccc(NC(=O)c2ccc(Cn3cncn3)cc2)cc1. The number of carbonyl (C=O) groups excluding carboxylic acids is 2. The minimum atomic E-state index is -0.205. The Morgan fingerprint density at radius 2 is 1.79 bits per heavy atom. The lowest BCUT2D eigenvalue weighted by molar-refractivity contribution is -0.130. The van der Waals surface area contributed by atoms with Gasteiger partial charge >= 0.3 is 0 Å². The van der Waals surface area contributed by atoms with Gasteiger partial charge in [0.15, 0.2) is 6.61 Å². The number of rotatable bonds is 7. The zero-order chi connectivity index (χ0) is 19.9. The van der Waals surface area contributed by atoms with Crippen molar-refractivity contribution < 1.29 is 14.3 Å². The normalized spacial score (nSPS) is 10.4. The van der Waals surface area contributed by atoms with Crippen LogP contribution in [0.15, 0.2) is 61.2 Å². The average Bonchev–Trinajstić information content (AvgIpc) is 3.20. The van der Waals surface area contributed by atoms with E-state index in [1.54, 1.807) is 61.5 Å². The van der Waals surface area contributed by atoms with Crippen LogP contribution < -0.4 is 10.1 Å². The lowest BCUT2D eigenvalue weighted by Gasteiger charge is -2.12. The van der Waals surface area contributed by atoms with E-state index in [2.05, 4.69) is 15.4 Å². The van der Waals surface area contributed by atoms with Gasteiger partial charge in [-0.15, -0.1) is 0 Å². The Labute approximate surface area is 162 Å². The molecule has 0 bridgehead atoms. The summed E-state index contributed by atoms with van der Waals surface area (Å²) in [6.07, 6.45) is 3.13. The molecule has 3 aromatic rings. The highest BCUT2D eigenvalue weighted by atomic mass is 16.5. The van der Waals surface area contributed by atoms with Gasteiger partial charge in [0.05, 0.1) is 6.54 Å². The summed E-state index contributed by atoms with van der Waals surface area (Å²) in [7, 11) is 3.34. The van der Waals surface area contributed by atoms with Crippen LogP contribution in [0.4, 0.5) is 5.69 Å². The predicted octanol–water partition coefficient (Wildman–Crippen LogP) is 2.05. The molecule has 8 nitrogen and oxygen atoms in total. The number of amides is 2. The second-order valence-corrected chi connectivity index (χ2v) is 6.35. The third kappa shape index (κ3) is 5.16. The topological polar surface area (TPSA) is 89.4 Å². The van der Waals surface area contributed by atoms with Gasteiger partial charge in [-0.1, -0.05) is 12.1 Å². The minimum Gasteiger partial charge on any atom is -0.484 e. The smallest absolute Gasteiger partial charge is 0.259 e. The predicted molar refractivity (Wildman–Crippen MR) is 104 cm³/mol. The Balaban J connectivity index is 1.54. The second-order valence-electron chi connectivity index (χ2n) is 6.35. The molecule has 0 saturated heterocycles. The summed E-state index contributed by atoms with van der Waals surface area (Å²) >= 11 is 0. The molecule has 0 unspecified atom stereocenters. The Hall–Kier alpha value is -3.68. The third-order valence-electron chi connectivity index (χ3n) is 4.00. The summed E-state index contributed by atoms with van der Waals surface area (Å²) in [6, 6.07) is 14.2. The summed E-state index contributed by atoms with van der Waals surface area (Å²) in [6.45, 7) is 0.569. The Bertz CT molecular complexity index is 919. The summed E-state index contributed by atoms with van der Waals surface area (Å²) in [5.74, 6) is 0.235. The third-order valence-corrected chi connectivity index (χ3v) is 4.00. The molecule has 0 aliphatic carbocycles. The van der Waals surface area contributed by atoms with Crippen molar-refractivity contribution in [2.75, 3.05) is 26.0 Å². The number of likely N-dealkylation sites (N-methyl/N-ethyl adjacent to an activating group) is 1. The van der Waals surface area contributed by atoms with Gasteiger partial charge in [-0.2, -0.15) is 5.10 Å². The number of nitrogens with one attached hydrogen (secondary N) is 1. The number of anilines is 1. The molecule has 2 aromatic carbocycles. The largest absolute Gasteiger partial charge is 0.484 e. The number of aromatic nitrogens is 3. The van der Waals surface area contributed by atoms with Gasteiger partial charge in [-0.3, -0.25) is 9.59 Å². The van der Waals surface area contributed by atoms with Gasteiger partial charge < -0.3 is 15.0 Å². The number of hydrogen-bond donors (Lipinski definition) is 1. The van der Waals surface area contributed by atoms with Gasteiger partial charge in [-0.05, 0) is 42.0 Å². The Morgan fingerprint density at radius 3 is 2.39 bits per heavy atom. The molecule has 0 fully saturated rings. The van der Waals surface area contributed by atoms with E-state index in [4.69, 9.17) is 4.74 Å². The molecule has 8 heteroatoms. The van der Waals surface area contributed by atoms with E-state index in [-0.39, 0.29) is 18.4 Å². The standard InChI is InChI=1S/C20H21N5O3/c1-24(2)19(26)12-28-18-9-7-17(8-10-18)23-20(27)16-5-3-15(4-6-16)11-25-14-21-13-22-25/h3-10,13-14H,11-12H2,1-2H3,(H,23,27). The van der Waals surface area contributed by atoms with Crippen LogP contribution in [0.2, 0.25) is 0 Å². The number of ether oxygens (including phenoxy) is 1. The second kappa shape index (κ2) is 8.81. The van der Waals surface area contributed by atoms with Crippen molar-refractivity contribution in [1.29, 1.82) is 0 Å². The fourth-order valence-electron chi connectivity index (χ4n) is 2.37. The summed E-state index contributed by atoms with van der Waals surface area (Å²) in [5, 5.41) is 6.89. The number of hydrogen-bond acceptors (Lipinski definition) is 5. The fraction of sp³-hybridized carbons (Fsp3) is 0.200. The van der Waals surface area contributed by atoms with Gasteiger partial charge in [-0.25, -0.2) is 9.67 Å². The van der Waals surface area contributed by atoms with Crippen molar-refractivity contribution in [2.45, 2.75) is 6.54 Å². The zero-order valence-corrected chi connectivity index (χ0v) is 15.7. The number of nitrogens with zero attached hydrogens (tertiary/aromatic N) is 4. The van der Waals surface area contributed by atoms with Crippen molar-refractivity contribution in [3.05, 3.63) is 72.3 Å². The van der Waals surface area contributed by atoms with Crippen LogP contribution in [-0.2, 0) is 11.3 Å². The van der Waals surface area contributed by atoms with Crippen molar-refractivity contribution in [1.82, 2.24) is 19.7 Å². The first kappa shape index (κ1) is 19.1. The molecule has 3 rings (SSSR count). The monoisotopic (exact) mass is 379 g/mol. The fourth-order valence-corrected chi connectivity index (χ4v) is 2.37. The van der Waals surface area contributed by atoms with Crippen LogP contribution in [0.1, 0.15) is 15.9 Å². The summed E-state index contributed by atoms with van der Waals surface area (Å²) in [5.41, 5.74) is 2.22. The molecular weight excluding hydrogens is 358 g/mol. The summed E-state index contributed by atoms with van der Waals surface area (Å²) in [4.78, 5) is 29.3. The Kier molecular flexibility index (Phi) is 6.01. The first-order valence-electron chi connectivity index (χ1n) is 8.67. The lowest BCUT2D eigenvalue weighted by atomic mass is 10.1. The van der Waals surface area contributed by atoms with Crippen LogP contribution in [0, 0.1) is 0 Å². The molecule has 1 heterocycles. The van der Waals surface area contributed by atoms with Crippen LogP contribution in [-0.4, -0.2) is 52.2 Å². The molecular formula is C20H21N5O3. The maximum Gasteiger partial charge on any atom is 0.259 e. The number of carbonyl (C=O) groups is 2. The average molecular weight is 379 g/mol. The highest BCUT2D eigenvalue weighted by Gasteiger charge is 2.08. The van der Waals surface area contributed by atoms with Gasteiger partial charge in [0.1, 0.15) is 18.4 Å². The number of benzene rings is 2. The molecule has 2 amide bonds. The van der Waals surface area contributed by atoms with Crippen molar-refractivity contribution in [2.24, 2.45) is 0 Å². The molecule has 28 heavy (non-hydrogen) atoms. The molecule has 0 radical (unpaired) electrons. The molecule has 0 aliphatic rings. The molecule has 1 aromatic heterocycles. The zero-order valence-electron chi connectivity index (χ0n) is 15.7. The highest BCUT2D eigenvalue weighted by Crippen LogP contribution is 2.17. The molecule has 0 saturated carbocycles. The Morgan fingerprint density at radius 1 is 1.07 bits per heavy atom. The van der Waals surface area contributed by atoms with E-state index in [0.29, 0.717) is 23.5 Å². The molecule has 1 N–H and O–H groups in total. The van der Waals surface area contributed by atoms with Crippen molar-refractivity contribution in [3.8, 4) is 5.75 Å². The van der Waals surface area contributed by atoms with Crippen molar-refractivity contribution in [3.63, 3.8) is 0 Å². The van der Waals surface area contributed by atoms with Crippen molar-refractivity contribution >= 4 is 17.5 Å². The van der Waals surface area contributed by atoms with Gasteiger partial charge in [0, 0.05) is 25.3 Å². The van der Waals surface area contributed by atoms with E-state index >= 15 is 0 Å². The highest BCUT2D eigenvalue weighted by molar-refractivity contribution is 6.04. The van der Waals surface area contributed by atoms with E-state index in [1.165, 1.54) is 11.2 Å². The molecule has 144 valence electrons. The molecule has 0 aliphatic heterocycles. The lowest BCUT2D eigenvalue weighted by Crippen LogP contribution is -2.27. The first-order chi connectivity index (χ1) is 13.5. The first-order valence-corrected chi connectivity index (χ1v) is 8.67. The van der Waals surface area contributed by atoms with Crippen LogP contribution in [0.25, 0.3) is 0 Å². The van der Waals surface area contributed by atoms with E-state index in [0.717, 1.165) is 5.56 Å². The van der Waals surface area contributed by atoms with E-state index in [1.807, 2.05) is 12.1 Å². The van der Waals surface area contributed by atoms with Gasteiger partial charge in [0.25, 0.3) is 11.8 Å². The minimum absolute atomic E-state index is 0.0281. The van der Waals surface area contributed by atoms with Crippen LogP contribution in [0.5, 0.6) is 5.75 Å². The molecule has 0 spiro atoms. The summed E-state index contributed by atoms with van der Waals surface area (Å²) < 4.78 is 7.13.